The maximum atomic E-state index is 15.4. The van der Waals surface area contributed by atoms with Crippen molar-refractivity contribution in [1.82, 2.24) is 0 Å². The van der Waals surface area contributed by atoms with Gasteiger partial charge >= 0.3 is 23.9 Å². The Morgan fingerprint density at radius 2 is 0.337 bits per heavy atom. The van der Waals surface area contributed by atoms with Crippen molar-refractivity contribution in [3.05, 3.63) is 354 Å². The van der Waals surface area contributed by atoms with E-state index in [0.717, 1.165) is 0 Å². The van der Waals surface area contributed by atoms with E-state index in [1.54, 1.807) is 0 Å². The molecule has 0 saturated carbocycles. The van der Waals surface area contributed by atoms with Crippen molar-refractivity contribution in [2.24, 2.45) is 0 Å². The summed E-state index contributed by atoms with van der Waals surface area (Å²) in [4.78, 5) is 122. The molecule has 1 aliphatic rings. The van der Waals surface area contributed by atoms with Gasteiger partial charge in [0, 0.05) is 92.4 Å². The first kappa shape index (κ1) is 68.1. The second kappa shape index (κ2) is 28.8. The Morgan fingerprint density at radius 3 is 0.481 bits per heavy atom. The number of ketones is 4. The van der Waals surface area contributed by atoms with Crippen LogP contribution >= 0.6 is 0 Å². The summed E-state index contributed by atoms with van der Waals surface area (Å²) in [6.45, 7) is 0. The normalized spacial score (nSPS) is 11.5. The molecule has 0 spiro atoms. The number of carbonyl (C=O) groups is 8. The van der Waals surface area contributed by atoms with E-state index in [-0.39, 0.29) is 111 Å². The molecule has 0 unspecified atom stereocenters. The number of aromatic hydroxyl groups is 8. The summed E-state index contributed by atoms with van der Waals surface area (Å²) in [7, 11) is 0. The molecule has 0 radical (unpaired) electrons. The molecule has 0 saturated heterocycles. The zero-order valence-corrected chi connectivity index (χ0v) is 54.4. The Morgan fingerprint density at radius 1 is 0.202 bits per heavy atom. The third-order valence-corrected chi connectivity index (χ3v) is 17.4. The number of rotatable bonds is 16. The lowest BCUT2D eigenvalue weighted by molar-refractivity contribution is 0.0718. The monoisotopic (exact) mass is 1380 g/mol. The predicted molar refractivity (Wildman–Crippen MR) is 375 cm³/mol. The van der Waals surface area contributed by atoms with E-state index < -0.39 is 142 Å². The van der Waals surface area contributed by atoms with Gasteiger partial charge in [-0.05, 0) is 146 Å². The van der Waals surface area contributed by atoms with Gasteiger partial charge in [0.05, 0.1) is 22.3 Å². The highest BCUT2D eigenvalue weighted by molar-refractivity contribution is 6.14. The number of hydrogen-bond acceptors (Lipinski definition) is 20. The fraction of sp³-hybridized carbons (Fsp3) is 0.0476. The lowest BCUT2D eigenvalue weighted by atomic mass is 9.86. The molecular weight excluding hydrogens is 1330 g/mol. The van der Waals surface area contributed by atoms with E-state index in [2.05, 4.69) is 0 Å². The first-order valence-corrected chi connectivity index (χ1v) is 32.1. The molecule has 8 bridgehead atoms. The minimum atomic E-state index is -1.20. The van der Waals surface area contributed by atoms with Gasteiger partial charge in [-0.25, -0.2) is 19.2 Å². The average molecular weight is 1390 g/mol. The molecule has 12 aromatic rings. The largest absolute Gasteiger partial charge is 0.507 e. The van der Waals surface area contributed by atoms with Crippen LogP contribution in [0.25, 0.3) is 0 Å². The third kappa shape index (κ3) is 13.9. The first-order chi connectivity index (χ1) is 50.2. The third-order valence-electron chi connectivity index (χ3n) is 17.4. The van der Waals surface area contributed by atoms with Crippen LogP contribution in [0.15, 0.2) is 243 Å². The summed E-state index contributed by atoms with van der Waals surface area (Å²) in [5, 5.41) is 90.6. The van der Waals surface area contributed by atoms with Crippen LogP contribution < -0.4 is 18.9 Å². The van der Waals surface area contributed by atoms with Gasteiger partial charge in [0.25, 0.3) is 0 Å². The Kier molecular flexibility index (Phi) is 18.9. The lowest BCUT2D eigenvalue weighted by Gasteiger charge is -2.24. The van der Waals surface area contributed by atoms with E-state index >= 15 is 38.4 Å². The summed E-state index contributed by atoms with van der Waals surface area (Å²) >= 11 is 0. The number of carbonyl (C=O) groups excluding carboxylic acids is 8. The number of benzene rings is 12. The van der Waals surface area contributed by atoms with Crippen LogP contribution in [0.4, 0.5) is 0 Å². The fourth-order valence-corrected chi connectivity index (χ4v) is 12.4. The van der Waals surface area contributed by atoms with Crippen molar-refractivity contribution in [2.45, 2.75) is 25.7 Å². The SMILES string of the molecule is O=C(Oc1c2cc(C(=O)c3ccccc3O)cc1Cc1cc(C(=O)c3ccccc3O)cc(c1OC(=O)c1ccccc1O)Cc1cc(C(=O)c3ccccc3O)cc(c1OC(=O)c1ccccc1O)Cc1cc(C(=O)c3ccccc3O)cc(c1OC(=O)c1ccccc1O)C2)c1ccccc1O. The smallest absolute Gasteiger partial charge is 0.347 e. The molecular formula is C84H56O20. The average Bonchev–Trinajstić information content (AvgIpc) is 0.760. The van der Waals surface area contributed by atoms with Crippen LogP contribution in [0.1, 0.15) is 150 Å². The van der Waals surface area contributed by atoms with Crippen LogP contribution in [0.2, 0.25) is 0 Å². The van der Waals surface area contributed by atoms with Gasteiger partial charge in [-0.1, -0.05) is 97.1 Å². The van der Waals surface area contributed by atoms with Crippen molar-refractivity contribution in [3.63, 3.8) is 0 Å². The van der Waals surface area contributed by atoms with Gasteiger partial charge in [0.2, 0.25) is 0 Å². The van der Waals surface area contributed by atoms with Crippen molar-refractivity contribution in [2.75, 3.05) is 0 Å². The van der Waals surface area contributed by atoms with Crippen LogP contribution in [-0.4, -0.2) is 87.9 Å². The van der Waals surface area contributed by atoms with E-state index in [0.29, 0.717) is 0 Å². The summed E-state index contributed by atoms with van der Waals surface area (Å²) in [6, 6.07) is 53.8. The minimum absolute atomic E-state index is 0.167. The fourth-order valence-electron chi connectivity index (χ4n) is 12.4. The highest BCUT2D eigenvalue weighted by Crippen LogP contribution is 2.44. The summed E-state index contributed by atoms with van der Waals surface area (Å²) in [5.41, 5.74) is -4.79. The molecule has 8 N–H and O–H groups in total. The molecule has 512 valence electrons. The number of fused-ring (bicyclic) bond motifs is 8. The molecule has 12 aromatic carbocycles. The first-order valence-electron chi connectivity index (χ1n) is 32.1. The molecule has 0 aromatic heterocycles. The molecule has 20 heteroatoms. The predicted octanol–water partition coefficient (Wildman–Crippen LogP) is 13.8. The van der Waals surface area contributed by atoms with Crippen molar-refractivity contribution < 1.29 is 98.2 Å². The van der Waals surface area contributed by atoms with Crippen LogP contribution in [0.3, 0.4) is 0 Å². The van der Waals surface area contributed by atoms with Crippen molar-refractivity contribution in [1.29, 1.82) is 0 Å². The Hall–Kier alpha value is -14.4. The second-order valence-corrected chi connectivity index (χ2v) is 24.2. The van der Waals surface area contributed by atoms with E-state index in [1.165, 1.54) is 243 Å². The van der Waals surface area contributed by atoms with Gasteiger partial charge in [-0.15, -0.1) is 0 Å². The zero-order chi connectivity index (χ0) is 73.0. The van der Waals surface area contributed by atoms with Crippen LogP contribution in [-0.2, 0) is 25.7 Å². The molecule has 104 heavy (non-hydrogen) atoms. The highest BCUT2D eigenvalue weighted by atomic mass is 16.6. The van der Waals surface area contributed by atoms with Gasteiger partial charge in [0.15, 0.2) is 23.1 Å². The van der Waals surface area contributed by atoms with Crippen molar-refractivity contribution in [3.8, 4) is 69.0 Å². The molecule has 1 aliphatic carbocycles. The number of phenols is 8. The maximum Gasteiger partial charge on any atom is 0.347 e. The number of hydrogen-bond donors (Lipinski definition) is 8. The van der Waals surface area contributed by atoms with E-state index in [1.807, 2.05) is 0 Å². The molecule has 13 rings (SSSR count). The molecule has 0 heterocycles. The number of ether oxygens (including phenoxy) is 4. The van der Waals surface area contributed by atoms with Crippen LogP contribution in [0.5, 0.6) is 69.0 Å². The van der Waals surface area contributed by atoms with Gasteiger partial charge in [-0.2, -0.15) is 0 Å². The maximum absolute atomic E-state index is 15.4. The molecule has 0 amide bonds. The summed E-state index contributed by atoms with van der Waals surface area (Å²) in [6.07, 6.45) is -2.74. The molecule has 0 fully saturated rings. The summed E-state index contributed by atoms with van der Waals surface area (Å²) in [5.74, 6) is -13.9. The van der Waals surface area contributed by atoms with E-state index in [9.17, 15) is 40.9 Å². The topological polar surface area (TPSA) is 335 Å². The minimum Gasteiger partial charge on any atom is -0.507 e. The van der Waals surface area contributed by atoms with Crippen LogP contribution in [0, 0.1) is 0 Å². The van der Waals surface area contributed by atoms with Gasteiger partial charge in [0.1, 0.15) is 91.2 Å². The standard InChI is InChI=1S/C84H56O20/c85-65-25-9-1-17-57(65)73(93)45-33-49-41-51-35-46(74(94)58-18-2-10-26-66(58)86)37-53(78(51)102-82(98)62-22-6-14-30-70(62)90)43-55-39-48(76(96)60-20-4-12-28-68(60)88)40-56(80(55)104-84(100)64-24-8-16-32-72(64)92)44-54-38-47(75(95)59-19-3-11-27-67(59)87)36-52(79(54)103-83(99)63-23-7-15-31-71(63)91)42-50(34-45)77(49)101-81(97)61-21-5-13-29-69(61)89/h1-40,85-92H,41-44H2. The molecule has 0 atom stereocenters. The van der Waals surface area contributed by atoms with Gasteiger partial charge < -0.3 is 59.8 Å². The summed E-state index contributed by atoms with van der Waals surface area (Å²) < 4.78 is 26.0. The zero-order valence-electron chi connectivity index (χ0n) is 54.4. The number of phenolic OH excluding ortho intramolecular Hbond substituents is 8. The number of para-hydroxylation sites is 8. The molecule has 20 nitrogen and oxygen atoms in total. The molecule has 0 aliphatic heterocycles. The Labute approximate surface area is 591 Å². The lowest BCUT2D eigenvalue weighted by Crippen LogP contribution is -2.18. The Balaban J connectivity index is 1.20. The number of esters is 4. The quantitative estimate of drug-likeness (QED) is 0.0253. The van der Waals surface area contributed by atoms with Crippen molar-refractivity contribution >= 4 is 47.0 Å². The second-order valence-electron chi connectivity index (χ2n) is 24.2. The van der Waals surface area contributed by atoms with Gasteiger partial charge in [-0.3, -0.25) is 19.2 Å². The Bertz CT molecular complexity index is 4800. The highest BCUT2D eigenvalue weighted by Gasteiger charge is 2.33. The van der Waals surface area contributed by atoms with E-state index in [4.69, 9.17) is 18.9 Å².